The van der Waals surface area contributed by atoms with Crippen LogP contribution in [0, 0.1) is 5.92 Å². The highest BCUT2D eigenvalue weighted by Gasteiger charge is 2.10. The van der Waals surface area contributed by atoms with Gasteiger partial charge in [0.25, 0.3) is 0 Å². The summed E-state index contributed by atoms with van der Waals surface area (Å²) in [5.74, 6) is -0.0309. The van der Waals surface area contributed by atoms with E-state index in [2.05, 4.69) is 15.5 Å². The molecule has 0 unspecified atom stereocenters. The maximum atomic E-state index is 11.3. The average molecular weight is 241 g/mol. The van der Waals surface area contributed by atoms with Crippen molar-refractivity contribution in [1.29, 1.82) is 0 Å². The van der Waals surface area contributed by atoms with E-state index in [0.717, 1.165) is 0 Å². The largest absolute Gasteiger partial charge is 0.461 e. The SMILES string of the molecule is CCOC(=O)c1csc(NN=CC(C)C)n1. The van der Waals surface area contributed by atoms with Crippen molar-refractivity contribution in [3.05, 3.63) is 11.1 Å². The number of anilines is 1. The molecule has 0 aliphatic heterocycles. The van der Waals surface area contributed by atoms with Crippen LogP contribution in [-0.2, 0) is 4.74 Å². The molecule has 0 saturated heterocycles. The number of nitrogens with zero attached hydrogens (tertiary/aromatic N) is 2. The first kappa shape index (κ1) is 12.6. The van der Waals surface area contributed by atoms with Gasteiger partial charge in [0.1, 0.15) is 0 Å². The van der Waals surface area contributed by atoms with Gasteiger partial charge >= 0.3 is 5.97 Å². The number of rotatable bonds is 5. The molecule has 0 aromatic carbocycles. The van der Waals surface area contributed by atoms with Crippen molar-refractivity contribution >= 4 is 28.7 Å². The Balaban J connectivity index is 2.54. The van der Waals surface area contributed by atoms with E-state index in [4.69, 9.17) is 4.74 Å². The van der Waals surface area contributed by atoms with Crippen molar-refractivity contribution in [3.8, 4) is 0 Å². The fourth-order valence-corrected chi connectivity index (χ4v) is 1.49. The zero-order chi connectivity index (χ0) is 12.0. The van der Waals surface area contributed by atoms with Crippen LogP contribution in [0.5, 0.6) is 0 Å². The molecule has 6 heteroatoms. The van der Waals surface area contributed by atoms with Crippen LogP contribution in [0.4, 0.5) is 5.13 Å². The monoisotopic (exact) mass is 241 g/mol. The molecule has 88 valence electrons. The minimum Gasteiger partial charge on any atom is -0.461 e. The van der Waals surface area contributed by atoms with E-state index in [-0.39, 0.29) is 0 Å². The standard InChI is InChI=1S/C10H15N3O2S/c1-4-15-9(14)8-6-16-10(12-8)13-11-5-7(2)3/h5-7H,4H2,1-3H3,(H,12,13). The molecule has 1 aromatic rings. The Morgan fingerprint density at radius 3 is 3.12 bits per heavy atom. The van der Waals surface area contributed by atoms with Gasteiger partial charge in [-0.2, -0.15) is 5.10 Å². The molecule has 0 bridgehead atoms. The van der Waals surface area contributed by atoms with Gasteiger partial charge in [0.15, 0.2) is 5.69 Å². The summed E-state index contributed by atoms with van der Waals surface area (Å²) in [6.45, 7) is 6.16. The fourth-order valence-electron chi connectivity index (χ4n) is 0.865. The molecule has 0 amide bonds. The maximum absolute atomic E-state index is 11.3. The second kappa shape index (κ2) is 6.22. The molecular weight excluding hydrogens is 226 g/mol. The molecule has 0 atom stereocenters. The number of carbonyl (C=O) groups is 1. The van der Waals surface area contributed by atoms with E-state index >= 15 is 0 Å². The van der Waals surface area contributed by atoms with Gasteiger partial charge in [-0.1, -0.05) is 13.8 Å². The van der Waals surface area contributed by atoms with Crippen molar-refractivity contribution in [1.82, 2.24) is 4.98 Å². The highest BCUT2D eigenvalue weighted by molar-refractivity contribution is 7.13. The first-order valence-corrected chi connectivity index (χ1v) is 5.93. The van der Waals surface area contributed by atoms with Gasteiger partial charge in [-0.25, -0.2) is 9.78 Å². The predicted octanol–water partition coefficient (Wildman–Crippen LogP) is 2.37. The smallest absolute Gasteiger partial charge is 0.357 e. The molecule has 1 rings (SSSR count). The summed E-state index contributed by atoms with van der Waals surface area (Å²) in [6.07, 6.45) is 1.77. The Morgan fingerprint density at radius 1 is 1.75 bits per heavy atom. The molecule has 0 radical (unpaired) electrons. The van der Waals surface area contributed by atoms with Crippen molar-refractivity contribution in [3.63, 3.8) is 0 Å². The normalized spacial score (nSPS) is 11.0. The number of nitrogens with one attached hydrogen (secondary N) is 1. The Bertz CT molecular complexity index is 374. The Hall–Kier alpha value is -1.43. The minimum atomic E-state index is -0.403. The van der Waals surface area contributed by atoms with Crippen LogP contribution in [0.2, 0.25) is 0 Å². The number of esters is 1. The third kappa shape index (κ3) is 3.98. The van der Waals surface area contributed by atoms with Crippen LogP contribution >= 0.6 is 11.3 Å². The van der Waals surface area contributed by atoms with E-state index in [1.165, 1.54) is 11.3 Å². The van der Waals surface area contributed by atoms with Gasteiger partial charge in [0, 0.05) is 11.6 Å². The number of thiazole rings is 1. The fraction of sp³-hybridized carbons (Fsp3) is 0.500. The van der Waals surface area contributed by atoms with Crippen LogP contribution in [0.1, 0.15) is 31.3 Å². The molecule has 0 aliphatic carbocycles. The van der Waals surface area contributed by atoms with E-state index in [0.29, 0.717) is 23.4 Å². The summed E-state index contributed by atoms with van der Waals surface area (Å²) in [4.78, 5) is 15.3. The Morgan fingerprint density at radius 2 is 2.50 bits per heavy atom. The van der Waals surface area contributed by atoms with Crippen molar-refractivity contribution in [2.24, 2.45) is 11.0 Å². The number of ether oxygens (including phenoxy) is 1. The predicted molar refractivity (Wildman–Crippen MR) is 65.0 cm³/mol. The zero-order valence-electron chi connectivity index (χ0n) is 9.56. The highest BCUT2D eigenvalue weighted by Crippen LogP contribution is 2.15. The van der Waals surface area contributed by atoms with Crippen LogP contribution in [-0.4, -0.2) is 23.8 Å². The molecule has 16 heavy (non-hydrogen) atoms. The van der Waals surface area contributed by atoms with Gasteiger partial charge in [0.05, 0.1) is 6.61 Å². The first-order valence-electron chi connectivity index (χ1n) is 5.05. The average Bonchev–Trinajstić information content (AvgIpc) is 2.66. The second-order valence-electron chi connectivity index (χ2n) is 3.39. The topological polar surface area (TPSA) is 63.6 Å². The number of aromatic nitrogens is 1. The molecule has 1 heterocycles. The van der Waals surface area contributed by atoms with E-state index in [1.54, 1.807) is 18.5 Å². The molecule has 0 aliphatic rings. The van der Waals surface area contributed by atoms with Crippen molar-refractivity contribution in [2.45, 2.75) is 20.8 Å². The first-order chi connectivity index (χ1) is 7.63. The molecule has 1 aromatic heterocycles. The third-order valence-electron chi connectivity index (χ3n) is 1.52. The molecular formula is C10H15N3O2S. The van der Waals surface area contributed by atoms with Crippen LogP contribution in [0.25, 0.3) is 0 Å². The second-order valence-corrected chi connectivity index (χ2v) is 4.25. The van der Waals surface area contributed by atoms with Crippen LogP contribution in [0.3, 0.4) is 0 Å². The van der Waals surface area contributed by atoms with Gasteiger partial charge in [-0.05, 0) is 12.8 Å². The summed E-state index contributed by atoms with van der Waals surface area (Å²) in [5.41, 5.74) is 3.08. The summed E-state index contributed by atoms with van der Waals surface area (Å²) < 4.78 is 4.82. The van der Waals surface area contributed by atoms with E-state index < -0.39 is 5.97 Å². The molecule has 0 fully saturated rings. The van der Waals surface area contributed by atoms with E-state index in [9.17, 15) is 4.79 Å². The third-order valence-corrected chi connectivity index (χ3v) is 2.27. The van der Waals surface area contributed by atoms with Crippen molar-refractivity contribution < 1.29 is 9.53 Å². The highest BCUT2D eigenvalue weighted by atomic mass is 32.1. The summed E-state index contributed by atoms with van der Waals surface area (Å²) in [6, 6.07) is 0. The molecule has 1 N–H and O–H groups in total. The Kier molecular flexibility index (Phi) is 4.91. The number of hydrazone groups is 1. The van der Waals surface area contributed by atoms with Gasteiger partial charge in [-0.15, -0.1) is 11.3 Å². The maximum Gasteiger partial charge on any atom is 0.357 e. The van der Waals surface area contributed by atoms with Crippen LogP contribution < -0.4 is 5.43 Å². The summed E-state index contributed by atoms with van der Waals surface area (Å²) in [7, 11) is 0. The van der Waals surface area contributed by atoms with Gasteiger partial charge in [0.2, 0.25) is 5.13 Å². The number of hydrogen-bond donors (Lipinski definition) is 1. The Labute approximate surface area is 98.5 Å². The lowest BCUT2D eigenvalue weighted by atomic mass is 10.3. The lowest BCUT2D eigenvalue weighted by Crippen LogP contribution is -2.05. The minimum absolute atomic E-state index is 0.314. The van der Waals surface area contributed by atoms with Gasteiger partial charge in [-0.3, -0.25) is 5.43 Å². The lowest BCUT2D eigenvalue weighted by Gasteiger charge is -1.96. The summed E-state index contributed by atoms with van der Waals surface area (Å²) in [5, 5.41) is 6.21. The molecule has 0 saturated carbocycles. The van der Waals surface area contributed by atoms with Gasteiger partial charge < -0.3 is 4.74 Å². The number of carbonyl (C=O) groups excluding carboxylic acids is 1. The van der Waals surface area contributed by atoms with Crippen molar-refractivity contribution in [2.75, 3.05) is 12.0 Å². The molecule has 0 spiro atoms. The zero-order valence-corrected chi connectivity index (χ0v) is 10.4. The van der Waals surface area contributed by atoms with E-state index in [1.807, 2.05) is 13.8 Å². The molecule has 5 nitrogen and oxygen atoms in total. The lowest BCUT2D eigenvalue weighted by molar-refractivity contribution is 0.0520. The summed E-state index contributed by atoms with van der Waals surface area (Å²) >= 11 is 1.32. The quantitative estimate of drug-likeness (QED) is 0.488. The number of hydrogen-bond acceptors (Lipinski definition) is 6. The van der Waals surface area contributed by atoms with Crippen LogP contribution in [0.15, 0.2) is 10.5 Å².